The van der Waals surface area contributed by atoms with Gasteiger partial charge < -0.3 is 20.3 Å². The first-order chi connectivity index (χ1) is 6.70. The minimum Gasteiger partial charge on any atom is -0.507 e. The van der Waals surface area contributed by atoms with Crippen molar-refractivity contribution >= 4 is 0 Å². The zero-order chi connectivity index (χ0) is 10.1. The van der Waals surface area contributed by atoms with Gasteiger partial charge >= 0.3 is 0 Å². The van der Waals surface area contributed by atoms with Gasteiger partial charge in [-0.05, 0) is 19.1 Å². The number of hydrogen-bond donors (Lipinski definition) is 2. The second-order valence-electron chi connectivity index (χ2n) is 3.31. The summed E-state index contributed by atoms with van der Waals surface area (Å²) < 4.78 is 10.8. The summed E-state index contributed by atoms with van der Waals surface area (Å²) in [6.07, 6.45) is 0. The van der Waals surface area contributed by atoms with Crippen LogP contribution in [0.15, 0.2) is 12.1 Å². The van der Waals surface area contributed by atoms with Crippen LogP contribution in [0.1, 0.15) is 18.5 Å². The average molecular weight is 195 g/mol. The molecule has 0 bridgehead atoms. The van der Waals surface area contributed by atoms with Crippen molar-refractivity contribution in [1.82, 2.24) is 0 Å². The molecular weight excluding hydrogens is 182 g/mol. The fraction of sp³-hybridized carbons (Fsp3) is 0.400. The summed E-state index contributed by atoms with van der Waals surface area (Å²) in [5, 5.41) is 9.62. The number of benzene rings is 1. The molecule has 76 valence electrons. The quantitative estimate of drug-likeness (QED) is 0.706. The molecule has 1 aliphatic rings. The smallest absolute Gasteiger partial charge is 0.169 e. The van der Waals surface area contributed by atoms with Gasteiger partial charge in [0.05, 0.1) is 5.56 Å². The van der Waals surface area contributed by atoms with Gasteiger partial charge in [-0.3, -0.25) is 0 Å². The van der Waals surface area contributed by atoms with Crippen LogP contribution >= 0.6 is 0 Å². The highest BCUT2D eigenvalue weighted by Gasteiger charge is 2.21. The fourth-order valence-electron chi connectivity index (χ4n) is 1.57. The van der Waals surface area contributed by atoms with Gasteiger partial charge in [-0.15, -0.1) is 0 Å². The summed E-state index contributed by atoms with van der Waals surface area (Å²) >= 11 is 0. The van der Waals surface area contributed by atoms with E-state index in [0.29, 0.717) is 30.3 Å². The predicted octanol–water partition coefficient (Wildman–Crippen LogP) is 1.18. The van der Waals surface area contributed by atoms with Gasteiger partial charge in [-0.25, -0.2) is 0 Å². The van der Waals surface area contributed by atoms with Gasteiger partial charge in [0, 0.05) is 6.04 Å². The van der Waals surface area contributed by atoms with E-state index in [1.807, 2.05) is 0 Å². The number of hydrogen-bond acceptors (Lipinski definition) is 4. The lowest BCUT2D eigenvalue weighted by molar-refractivity contribution is 0.168. The Morgan fingerprint density at radius 3 is 2.79 bits per heavy atom. The number of rotatable bonds is 1. The Labute approximate surface area is 82.2 Å². The molecule has 0 fully saturated rings. The molecule has 0 amide bonds. The van der Waals surface area contributed by atoms with Crippen LogP contribution in [0.2, 0.25) is 0 Å². The zero-order valence-corrected chi connectivity index (χ0v) is 7.99. The summed E-state index contributed by atoms with van der Waals surface area (Å²) in [5.74, 6) is 1.39. The van der Waals surface area contributed by atoms with E-state index in [4.69, 9.17) is 15.2 Å². The minimum atomic E-state index is -0.272. The predicted molar refractivity (Wildman–Crippen MR) is 51.7 cm³/mol. The van der Waals surface area contributed by atoms with Crippen LogP contribution < -0.4 is 15.2 Å². The minimum absolute atomic E-state index is 0.157. The van der Waals surface area contributed by atoms with Crippen LogP contribution in [0.3, 0.4) is 0 Å². The Morgan fingerprint density at radius 1 is 1.36 bits per heavy atom. The van der Waals surface area contributed by atoms with Crippen LogP contribution in [0, 0.1) is 0 Å². The molecule has 0 saturated heterocycles. The number of ether oxygens (including phenoxy) is 2. The lowest BCUT2D eigenvalue weighted by Gasteiger charge is -2.23. The normalized spacial score (nSPS) is 16.4. The molecule has 0 aliphatic carbocycles. The molecule has 1 atom stereocenters. The molecule has 4 nitrogen and oxygen atoms in total. The first kappa shape index (κ1) is 9.15. The molecule has 0 saturated carbocycles. The summed E-state index contributed by atoms with van der Waals surface area (Å²) in [5.41, 5.74) is 6.36. The number of phenols is 1. The SMILES string of the molecule is CC(N)c1c(O)ccc2c1OCCO2. The van der Waals surface area contributed by atoms with E-state index in [9.17, 15) is 5.11 Å². The fourth-order valence-corrected chi connectivity index (χ4v) is 1.57. The maximum Gasteiger partial charge on any atom is 0.169 e. The summed E-state index contributed by atoms with van der Waals surface area (Å²) in [4.78, 5) is 0. The molecule has 2 rings (SSSR count). The van der Waals surface area contributed by atoms with E-state index in [1.54, 1.807) is 19.1 Å². The first-order valence-corrected chi connectivity index (χ1v) is 4.57. The second kappa shape index (κ2) is 3.38. The standard InChI is InChI=1S/C10H13NO3/c1-6(11)9-7(12)2-3-8-10(9)14-5-4-13-8/h2-3,6,12H,4-5,11H2,1H3. The summed E-state index contributed by atoms with van der Waals surface area (Å²) in [6, 6.07) is 2.99. The summed E-state index contributed by atoms with van der Waals surface area (Å²) in [6.45, 7) is 2.83. The van der Waals surface area contributed by atoms with E-state index in [1.165, 1.54) is 0 Å². The van der Waals surface area contributed by atoms with E-state index in [2.05, 4.69) is 0 Å². The molecule has 0 aromatic heterocycles. The van der Waals surface area contributed by atoms with Crippen molar-refractivity contribution in [3.63, 3.8) is 0 Å². The number of fused-ring (bicyclic) bond motifs is 1. The Balaban J connectivity index is 2.55. The molecule has 1 aliphatic heterocycles. The average Bonchev–Trinajstić information content (AvgIpc) is 2.17. The van der Waals surface area contributed by atoms with Crippen molar-refractivity contribution in [3.05, 3.63) is 17.7 Å². The first-order valence-electron chi connectivity index (χ1n) is 4.57. The van der Waals surface area contributed by atoms with Gasteiger partial charge in [0.1, 0.15) is 19.0 Å². The second-order valence-corrected chi connectivity index (χ2v) is 3.31. The molecule has 0 spiro atoms. The third-order valence-electron chi connectivity index (χ3n) is 2.18. The Kier molecular flexibility index (Phi) is 2.21. The van der Waals surface area contributed by atoms with Crippen LogP contribution in [0.25, 0.3) is 0 Å². The van der Waals surface area contributed by atoms with Gasteiger partial charge in [0.15, 0.2) is 11.5 Å². The monoisotopic (exact) mass is 195 g/mol. The maximum absolute atomic E-state index is 9.62. The molecule has 1 aromatic rings. The lowest BCUT2D eigenvalue weighted by atomic mass is 10.1. The van der Waals surface area contributed by atoms with Crippen LogP contribution in [0.5, 0.6) is 17.2 Å². The molecule has 14 heavy (non-hydrogen) atoms. The maximum atomic E-state index is 9.62. The van der Waals surface area contributed by atoms with E-state index >= 15 is 0 Å². The van der Waals surface area contributed by atoms with Crippen molar-refractivity contribution in [2.75, 3.05) is 13.2 Å². The molecule has 1 aromatic carbocycles. The van der Waals surface area contributed by atoms with Crippen LogP contribution in [-0.2, 0) is 0 Å². The third kappa shape index (κ3) is 1.37. The highest BCUT2D eigenvalue weighted by Crippen LogP contribution is 2.41. The van der Waals surface area contributed by atoms with Gasteiger partial charge in [0.2, 0.25) is 0 Å². The van der Waals surface area contributed by atoms with E-state index in [0.717, 1.165) is 0 Å². The largest absolute Gasteiger partial charge is 0.507 e. The van der Waals surface area contributed by atoms with Crippen LogP contribution in [0.4, 0.5) is 0 Å². The third-order valence-corrected chi connectivity index (χ3v) is 2.18. The highest BCUT2D eigenvalue weighted by molar-refractivity contribution is 5.55. The lowest BCUT2D eigenvalue weighted by Crippen LogP contribution is -2.18. The van der Waals surface area contributed by atoms with E-state index in [-0.39, 0.29) is 11.8 Å². The summed E-state index contributed by atoms with van der Waals surface area (Å²) in [7, 11) is 0. The highest BCUT2D eigenvalue weighted by atomic mass is 16.6. The van der Waals surface area contributed by atoms with Gasteiger partial charge in [-0.1, -0.05) is 0 Å². The zero-order valence-electron chi connectivity index (χ0n) is 7.99. The molecule has 1 unspecified atom stereocenters. The molecule has 0 radical (unpaired) electrons. The van der Waals surface area contributed by atoms with Crippen molar-refractivity contribution < 1.29 is 14.6 Å². The molecule has 3 N–H and O–H groups in total. The number of phenolic OH excluding ortho intramolecular Hbond substituents is 1. The van der Waals surface area contributed by atoms with Gasteiger partial charge in [0.25, 0.3) is 0 Å². The van der Waals surface area contributed by atoms with Gasteiger partial charge in [-0.2, -0.15) is 0 Å². The van der Waals surface area contributed by atoms with Crippen molar-refractivity contribution in [2.45, 2.75) is 13.0 Å². The van der Waals surface area contributed by atoms with E-state index < -0.39 is 0 Å². The van der Waals surface area contributed by atoms with Crippen molar-refractivity contribution in [1.29, 1.82) is 0 Å². The van der Waals surface area contributed by atoms with Crippen LogP contribution in [-0.4, -0.2) is 18.3 Å². The Bertz CT molecular complexity index is 349. The Hall–Kier alpha value is -1.42. The Morgan fingerprint density at radius 2 is 2.07 bits per heavy atom. The van der Waals surface area contributed by atoms with Crippen molar-refractivity contribution in [2.24, 2.45) is 5.73 Å². The number of aromatic hydroxyl groups is 1. The van der Waals surface area contributed by atoms with Crippen molar-refractivity contribution in [3.8, 4) is 17.2 Å². The molecular formula is C10H13NO3. The molecule has 1 heterocycles. The molecule has 4 heteroatoms. The topological polar surface area (TPSA) is 64.7 Å². The number of nitrogens with two attached hydrogens (primary N) is 1.